The smallest absolute Gasteiger partial charge is 0.328 e. The van der Waals surface area contributed by atoms with E-state index in [2.05, 4.69) is 10.6 Å². The highest BCUT2D eigenvalue weighted by Gasteiger charge is 2.41. The fourth-order valence-corrected chi connectivity index (χ4v) is 2.42. The van der Waals surface area contributed by atoms with Crippen LogP contribution in [0, 0.1) is 0 Å². The van der Waals surface area contributed by atoms with Crippen molar-refractivity contribution in [2.45, 2.75) is 57.2 Å². The summed E-state index contributed by atoms with van der Waals surface area (Å²) in [5.41, 5.74) is -0.669. The fourth-order valence-electron chi connectivity index (χ4n) is 2.42. The zero-order valence-electron chi connectivity index (χ0n) is 10.9. The highest BCUT2D eigenvalue weighted by atomic mass is 16.4. The van der Waals surface area contributed by atoms with Gasteiger partial charge in [-0.15, -0.1) is 0 Å². The molecule has 1 fully saturated rings. The predicted octanol–water partition coefficient (Wildman–Crippen LogP) is -0.141. The standard InChI is InChI=1S/C12H22N2O4/c1-3-5-12(6-4-7-13-12)11(18)14-9(8(2)15)10(16)17/h8-9,13,15H,3-7H2,1-2H3,(H,14,18)(H,16,17)/t8-,9+,12?/m1/s1. The highest BCUT2D eigenvalue weighted by Crippen LogP contribution is 2.25. The van der Waals surface area contributed by atoms with Crippen molar-refractivity contribution in [1.29, 1.82) is 0 Å². The number of aliphatic hydroxyl groups excluding tert-OH is 1. The first-order valence-corrected chi connectivity index (χ1v) is 6.40. The van der Waals surface area contributed by atoms with Crippen LogP contribution in [0.3, 0.4) is 0 Å². The van der Waals surface area contributed by atoms with Gasteiger partial charge in [0.15, 0.2) is 6.04 Å². The number of aliphatic carboxylic acids is 1. The number of carboxylic acids is 1. The van der Waals surface area contributed by atoms with Gasteiger partial charge in [0.25, 0.3) is 0 Å². The van der Waals surface area contributed by atoms with E-state index >= 15 is 0 Å². The first-order chi connectivity index (χ1) is 8.43. The Labute approximate surface area is 107 Å². The molecule has 0 aliphatic carbocycles. The fraction of sp³-hybridized carbons (Fsp3) is 0.833. The van der Waals surface area contributed by atoms with Crippen LogP contribution in [0.25, 0.3) is 0 Å². The Morgan fingerprint density at radius 1 is 1.50 bits per heavy atom. The molecule has 0 aromatic rings. The zero-order valence-corrected chi connectivity index (χ0v) is 10.9. The number of carboxylic acid groups (broad SMARTS) is 1. The molecule has 104 valence electrons. The summed E-state index contributed by atoms with van der Waals surface area (Å²) in [6, 6.07) is -1.26. The highest BCUT2D eigenvalue weighted by molar-refractivity contribution is 5.90. The predicted molar refractivity (Wildman–Crippen MR) is 66.1 cm³/mol. The molecule has 1 rings (SSSR count). The number of carbonyl (C=O) groups excluding carboxylic acids is 1. The zero-order chi connectivity index (χ0) is 13.8. The van der Waals surface area contributed by atoms with Crippen LogP contribution in [-0.2, 0) is 9.59 Å². The van der Waals surface area contributed by atoms with E-state index in [0.29, 0.717) is 12.8 Å². The van der Waals surface area contributed by atoms with Crippen LogP contribution in [0.4, 0.5) is 0 Å². The summed E-state index contributed by atoms with van der Waals surface area (Å²) in [6.07, 6.45) is 2.00. The molecule has 1 saturated heterocycles. The van der Waals surface area contributed by atoms with Gasteiger partial charge in [-0.3, -0.25) is 4.79 Å². The van der Waals surface area contributed by atoms with E-state index < -0.39 is 23.7 Å². The number of nitrogens with one attached hydrogen (secondary N) is 2. The minimum atomic E-state index is -1.26. The van der Waals surface area contributed by atoms with Crippen molar-refractivity contribution in [3.05, 3.63) is 0 Å². The molecule has 1 aliphatic rings. The summed E-state index contributed by atoms with van der Waals surface area (Å²) < 4.78 is 0. The third-order valence-electron chi connectivity index (χ3n) is 3.39. The first kappa shape index (κ1) is 14.9. The Morgan fingerprint density at radius 3 is 2.56 bits per heavy atom. The quantitative estimate of drug-likeness (QED) is 0.531. The van der Waals surface area contributed by atoms with Crippen LogP contribution in [0.2, 0.25) is 0 Å². The molecule has 18 heavy (non-hydrogen) atoms. The Morgan fingerprint density at radius 2 is 2.17 bits per heavy atom. The Hall–Kier alpha value is -1.14. The van der Waals surface area contributed by atoms with E-state index in [1.807, 2.05) is 6.92 Å². The van der Waals surface area contributed by atoms with Crippen LogP contribution in [0.15, 0.2) is 0 Å². The van der Waals surface area contributed by atoms with E-state index in [1.54, 1.807) is 0 Å². The Bertz CT molecular complexity index is 311. The van der Waals surface area contributed by atoms with Crippen LogP contribution in [-0.4, -0.2) is 46.3 Å². The summed E-state index contributed by atoms with van der Waals surface area (Å²) in [4.78, 5) is 23.2. The van der Waals surface area contributed by atoms with Crippen LogP contribution in [0.1, 0.15) is 39.5 Å². The summed E-state index contributed by atoms with van der Waals surface area (Å²) >= 11 is 0. The summed E-state index contributed by atoms with van der Waals surface area (Å²) in [5, 5.41) is 23.9. The van der Waals surface area contributed by atoms with Crippen molar-refractivity contribution in [3.8, 4) is 0 Å². The third-order valence-corrected chi connectivity index (χ3v) is 3.39. The molecule has 3 atom stereocenters. The van der Waals surface area contributed by atoms with Gasteiger partial charge in [0.05, 0.1) is 11.6 Å². The minimum Gasteiger partial charge on any atom is -0.480 e. The maximum absolute atomic E-state index is 12.2. The first-order valence-electron chi connectivity index (χ1n) is 6.40. The second-order valence-corrected chi connectivity index (χ2v) is 4.89. The van der Waals surface area contributed by atoms with Gasteiger partial charge in [0, 0.05) is 0 Å². The molecule has 6 heteroatoms. The van der Waals surface area contributed by atoms with Crippen LogP contribution >= 0.6 is 0 Å². The third kappa shape index (κ3) is 3.20. The van der Waals surface area contributed by atoms with Crippen LogP contribution in [0.5, 0.6) is 0 Å². The minimum absolute atomic E-state index is 0.324. The second kappa shape index (κ2) is 6.15. The van der Waals surface area contributed by atoms with Gasteiger partial charge < -0.3 is 20.8 Å². The lowest BCUT2D eigenvalue weighted by Crippen LogP contribution is -2.59. The van der Waals surface area contributed by atoms with Crippen molar-refractivity contribution in [2.24, 2.45) is 0 Å². The van der Waals surface area contributed by atoms with Crippen molar-refractivity contribution < 1.29 is 19.8 Å². The number of rotatable bonds is 6. The van der Waals surface area contributed by atoms with E-state index in [-0.39, 0.29) is 5.91 Å². The van der Waals surface area contributed by atoms with E-state index in [0.717, 1.165) is 19.4 Å². The molecule has 0 bridgehead atoms. The lowest BCUT2D eigenvalue weighted by molar-refractivity contribution is -0.146. The molecule has 0 aromatic carbocycles. The maximum Gasteiger partial charge on any atom is 0.328 e. The van der Waals surface area contributed by atoms with Gasteiger partial charge in [-0.1, -0.05) is 13.3 Å². The molecule has 1 aliphatic heterocycles. The molecule has 0 aromatic heterocycles. The van der Waals surface area contributed by atoms with Gasteiger partial charge in [-0.2, -0.15) is 0 Å². The summed E-state index contributed by atoms with van der Waals surface area (Å²) in [6.45, 7) is 4.10. The van der Waals surface area contributed by atoms with Crippen molar-refractivity contribution in [3.63, 3.8) is 0 Å². The second-order valence-electron chi connectivity index (χ2n) is 4.89. The van der Waals surface area contributed by atoms with Gasteiger partial charge in [0.2, 0.25) is 5.91 Å². The molecule has 0 saturated carbocycles. The molecular formula is C12H22N2O4. The average Bonchev–Trinajstić information content (AvgIpc) is 2.75. The maximum atomic E-state index is 12.2. The molecule has 0 radical (unpaired) electrons. The Balaban J connectivity index is 2.75. The largest absolute Gasteiger partial charge is 0.480 e. The van der Waals surface area contributed by atoms with Crippen LogP contribution < -0.4 is 10.6 Å². The molecular weight excluding hydrogens is 236 g/mol. The molecule has 6 nitrogen and oxygen atoms in total. The van der Waals surface area contributed by atoms with E-state index in [4.69, 9.17) is 5.11 Å². The molecule has 4 N–H and O–H groups in total. The number of hydrogen-bond acceptors (Lipinski definition) is 4. The van der Waals surface area contributed by atoms with E-state index in [9.17, 15) is 14.7 Å². The van der Waals surface area contributed by atoms with Crippen molar-refractivity contribution >= 4 is 11.9 Å². The normalized spacial score (nSPS) is 26.6. The monoisotopic (exact) mass is 258 g/mol. The number of carbonyl (C=O) groups is 2. The summed E-state index contributed by atoms with van der Waals surface area (Å²) in [5.74, 6) is -1.54. The topological polar surface area (TPSA) is 98.7 Å². The lowest BCUT2D eigenvalue weighted by atomic mass is 9.90. The van der Waals surface area contributed by atoms with Crippen molar-refractivity contribution in [1.82, 2.24) is 10.6 Å². The molecule has 1 unspecified atom stereocenters. The number of aliphatic hydroxyl groups is 1. The molecule has 1 heterocycles. The van der Waals surface area contributed by atoms with E-state index in [1.165, 1.54) is 6.92 Å². The van der Waals surface area contributed by atoms with Crippen molar-refractivity contribution in [2.75, 3.05) is 6.54 Å². The van der Waals surface area contributed by atoms with Gasteiger partial charge >= 0.3 is 5.97 Å². The molecule has 1 amide bonds. The molecule has 0 spiro atoms. The average molecular weight is 258 g/mol. The van der Waals surface area contributed by atoms with Gasteiger partial charge in [-0.05, 0) is 32.7 Å². The number of hydrogen-bond donors (Lipinski definition) is 4. The van der Waals surface area contributed by atoms with Gasteiger partial charge in [-0.25, -0.2) is 4.79 Å². The number of amides is 1. The van der Waals surface area contributed by atoms with Gasteiger partial charge in [0.1, 0.15) is 0 Å². The Kier molecular flexibility index (Phi) is 5.10. The summed E-state index contributed by atoms with van der Waals surface area (Å²) in [7, 11) is 0. The SMILES string of the molecule is CCCC1(C(=O)N[C@H](C(=O)O)[C@@H](C)O)CCCN1. The lowest BCUT2D eigenvalue weighted by Gasteiger charge is -2.30.